The molecule has 0 unspecified atom stereocenters. The quantitative estimate of drug-likeness (QED) is 0.742. The van der Waals surface area contributed by atoms with E-state index in [0.29, 0.717) is 18.0 Å². The summed E-state index contributed by atoms with van der Waals surface area (Å²) in [4.78, 5) is 12.3. The van der Waals surface area contributed by atoms with Gasteiger partial charge in [-0.1, -0.05) is 19.1 Å². The highest BCUT2D eigenvalue weighted by Gasteiger charge is 2.22. The van der Waals surface area contributed by atoms with Crippen molar-refractivity contribution in [1.82, 2.24) is 4.72 Å². The Labute approximate surface area is 154 Å². The molecule has 0 bridgehead atoms. The zero-order valence-electron chi connectivity index (χ0n) is 15.2. The molecular formula is C19H24N2O4S. The number of benzene rings is 2. The molecule has 2 aromatic rings. The molecule has 0 aliphatic rings. The van der Waals surface area contributed by atoms with Crippen LogP contribution in [0.1, 0.15) is 26.3 Å². The van der Waals surface area contributed by atoms with Crippen molar-refractivity contribution in [2.24, 2.45) is 0 Å². The molecule has 0 heterocycles. The molecule has 26 heavy (non-hydrogen) atoms. The zero-order chi connectivity index (χ0) is 19.2. The third-order valence-electron chi connectivity index (χ3n) is 3.80. The van der Waals surface area contributed by atoms with E-state index in [1.54, 1.807) is 24.3 Å². The van der Waals surface area contributed by atoms with Gasteiger partial charge in [0, 0.05) is 5.69 Å². The number of aryl methyl sites for hydroxylation is 1. The van der Waals surface area contributed by atoms with Crippen LogP contribution in [0.15, 0.2) is 53.4 Å². The van der Waals surface area contributed by atoms with Gasteiger partial charge >= 0.3 is 0 Å². The summed E-state index contributed by atoms with van der Waals surface area (Å²) in [5, 5.41) is 2.71. The molecule has 1 atom stereocenters. The van der Waals surface area contributed by atoms with Gasteiger partial charge in [-0.15, -0.1) is 0 Å². The number of amides is 1. The predicted molar refractivity (Wildman–Crippen MR) is 102 cm³/mol. The maximum atomic E-state index is 12.4. The molecule has 0 radical (unpaired) electrons. The highest BCUT2D eigenvalue weighted by Crippen LogP contribution is 2.16. The van der Waals surface area contributed by atoms with Crippen molar-refractivity contribution in [1.29, 1.82) is 0 Å². The van der Waals surface area contributed by atoms with Gasteiger partial charge in [-0.2, -0.15) is 4.72 Å². The van der Waals surface area contributed by atoms with Crippen LogP contribution >= 0.6 is 0 Å². The molecular weight excluding hydrogens is 352 g/mol. The summed E-state index contributed by atoms with van der Waals surface area (Å²) >= 11 is 0. The fourth-order valence-corrected chi connectivity index (χ4v) is 3.51. The highest BCUT2D eigenvalue weighted by molar-refractivity contribution is 7.89. The second-order valence-electron chi connectivity index (χ2n) is 5.79. The molecule has 1 amide bonds. The Hall–Kier alpha value is -2.38. The first-order chi connectivity index (χ1) is 12.4. The van der Waals surface area contributed by atoms with E-state index in [-0.39, 0.29) is 4.90 Å². The summed E-state index contributed by atoms with van der Waals surface area (Å²) in [7, 11) is -3.81. The van der Waals surface area contributed by atoms with Gasteiger partial charge in [0.1, 0.15) is 5.75 Å². The van der Waals surface area contributed by atoms with Crippen LogP contribution in [0.3, 0.4) is 0 Å². The molecule has 0 aromatic heterocycles. The van der Waals surface area contributed by atoms with E-state index in [1.165, 1.54) is 19.1 Å². The third kappa shape index (κ3) is 5.31. The number of carbonyl (C=O) groups excluding carboxylic acids is 1. The topological polar surface area (TPSA) is 84.5 Å². The summed E-state index contributed by atoms with van der Waals surface area (Å²) < 4.78 is 32.5. The summed E-state index contributed by atoms with van der Waals surface area (Å²) in [6.07, 6.45) is 0.909. The lowest BCUT2D eigenvalue weighted by molar-refractivity contribution is -0.117. The number of hydrogen-bond acceptors (Lipinski definition) is 4. The average Bonchev–Trinajstić information content (AvgIpc) is 2.62. The van der Waals surface area contributed by atoms with Gasteiger partial charge in [-0.05, 0) is 62.2 Å². The second-order valence-corrected chi connectivity index (χ2v) is 7.50. The maximum Gasteiger partial charge on any atom is 0.242 e. The lowest BCUT2D eigenvalue weighted by atomic mass is 10.1. The van der Waals surface area contributed by atoms with Gasteiger partial charge in [-0.25, -0.2) is 8.42 Å². The fourth-order valence-electron chi connectivity index (χ4n) is 2.31. The van der Waals surface area contributed by atoms with Gasteiger partial charge in [-0.3, -0.25) is 4.79 Å². The third-order valence-corrected chi connectivity index (χ3v) is 5.36. The van der Waals surface area contributed by atoms with Gasteiger partial charge in [0.15, 0.2) is 0 Å². The Morgan fingerprint density at radius 2 is 1.65 bits per heavy atom. The van der Waals surface area contributed by atoms with E-state index in [2.05, 4.69) is 10.0 Å². The minimum atomic E-state index is -3.81. The summed E-state index contributed by atoms with van der Waals surface area (Å²) in [6.45, 7) is 5.90. The van der Waals surface area contributed by atoms with E-state index < -0.39 is 22.0 Å². The lowest BCUT2D eigenvalue weighted by Gasteiger charge is -2.15. The van der Waals surface area contributed by atoms with Crippen LogP contribution in [0.4, 0.5) is 5.69 Å². The van der Waals surface area contributed by atoms with Crippen molar-refractivity contribution < 1.29 is 17.9 Å². The molecule has 0 aliphatic heterocycles. The average molecular weight is 376 g/mol. The maximum absolute atomic E-state index is 12.4. The van der Waals surface area contributed by atoms with Crippen molar-refractivity contribution in [3.63, 3.8) is 0 Å². The molecule has 2 rings (SSSR count). The molecule has 2 N–H and O–H groups in total. The van der Waals surface area contributed by atoms with Crippen LogP contribution in [0, 0.1) is 0 Å². The molecule has 7 heteroatoms. The molecule has 0 aliphatic carbocycles. The fraction of sp³-hybridized carbons (Fsp3) is 0.316. The van der Waals surface area contributed by atoms with Crippen LogP contribution < -0.4 is 14.8 Å². The molecule has 2 aromatic carbocycles. The number of hydrogen-bond donors (Lipinski definition) is 2. The number of ether oxygens (including phenoxy) is 1. The number of nitrogens with one attached hydrogen (secondary N) is 2. The van der Waals surface area contributed by atoms with Gasteiger partial charge in [0.05, 0.1) is 17.5 Å². The van der Waals surface area contributed by atoms with Crippen LogP contribution in [0.2, 0.25) is 0 Å². The minimum Gasteiger partial charge on any atom is -0.494 e. The van der Waals surface area contributed by atoms with Crippen LogP contribution in [0.25, 0.3) is 0 Å². The van der Waals surface area contributed by atoms with Crippen LogP contribution in [0.5, 0.6) is 5.75 Å². The van der Waals surface area contributed by atoms with Crippen molar-refractivity contribution in [2.45, 2.75) is 38.1 Å². The van der Waals surface area contributed by atoms with Crippen molar-refractivity contribution in [3.05, 3.63) is 54.1 Å². The normalized spacial score (nSPS) is 12.4. The van der Waals surface area contributed by atoms with E-state index in [4.69, 9.17) is 4.74 Å². The first-order valence-electron chi connectivity index (χ1n) is 8.50. The molecule has 0 fully saturated rings. The smallest absolute Gasteiger partial charge is 0.242 e. The van der Waals surface area contributed by atoms with Crippen molar-refractivity contribution >= 4 is 21.6 Å². The summed E-state index contributed by atoms with van der Waals surface area (Å²) in [5.74, 6) is 0.163. The number of anilines is 1. The highest BCUT2D eigenvalue weighted by atomic mass is 32.2. The number of sulfonamides is 1. The molecule has 6 nitrogen and oxygen atoms in total. The SMILES string of the molecule is CCOc1ccc(S(=O)(=O)N[C@H](C)C(=O)Nc2ccc(CC)cc2)cc1. The Balaban J connectivity index is 2.01. The minimum absolute atomic E-state index is 0.0768. The Morgan fingerprint density at radius 1 is 1.04 bits per heavy atom. The largest absolute Gasteiger partial charge is 0.494 e. The Bertz CT molecular complexity index is 831. The van der Waals surface area contributed by atoms with E-state index in [9.17, 15) is 13.2 Å². The van der Waals surface area contributed by atoms with Crippen molar-refractivity contribution in [3.8, 4) is 5.75 Å². The van der Waals surface area contributed by atoms with E-state index in [1.807, 2.05) is 26.0 Å². The monoisotopic (exact) mass is 376 g/mol. The molecule has 0 saturated heterocycles. The Morgan fingerprint density at radius 3 is 2.19 bits per heavy atom. The summed E-state index contributed by atoms with van der Waals surface area (Å²) in [6, 6.07) is 12.6. The molecule has 140 valence electrons. The predicted octanol–water partition coefficient (Wildman–Crippen LogP) is 2.95. The lowest BCUT2D eigenvalue weighted by Crippen LogP contribution is -2.41. The van der Waals surface area contributed by atoms with Crippen LogP contribution in [-0.2, 0) is 21.2 Å². The van der Waals surface area contributed by atoms with E-state index in [0.717, 1.165) is 12.0 Å². The molecule has 0 saturated carbocycles. The zero-order valence-corrected chi connectivity index (χ0v) is 16.0. The van der Waals surface area contributed by atoms with Gasteiger partial charge in [0.25, 0.3) is 0 Å². The van der Waals surface area contributed by atoms with E-state index >= 15 is 0 Å². The number of rotatable bonds is 8. The molecule has 0 spiro atoms. The summed E-state index contributed by atoms with van der Waals surface area (Å²) in [5.41, 5.74) is 1.78. The Kier molecular flexibility index (Phi) is 6.76. The second kappa shape index (κ2) is 8.82. The number of carbonyl (C=O) groups is 1. The van der Waals surface area contributed by atoms with Gasteiger partial charge in [0.2, 0.25) is 15.9 Å². The first kappa shape index (κ1) is 19.9. The van der Waals surface area contributed by atoms with Crippen LogP contribution in [-0.4, -0.2) is 27.0 Å². The van der Waals surface area contributed by atoms with Gasteiger partial charge < -0.3 is 10.1 Å². The standard InChI is InChI=1S/C19H24N2O4S/c1-4-15-6-8-16(9-7-15)20-19(22)14(3)21-26(23,24)18-12-10-17(11-13-18)25-5-2/h6-14,21H,4-5H2,1-3H3,(H,20,22)/t14-/m1/s1. The van der Waals surface area contributed by atoms with Crippen molar-refractivity contribution in [2.75, 3.05) is 11.9 Å². The first-order valence-corrected chi connectivity index (χ1v) is 9.99.